The molecule has 2 aliphatic rings. The van der Waals surface area contributed by atoms with E-state index in [1.807, 2.05) is 6.07 Å². The number of halogens is 1. The lowest BCUT2D eigenvalue weighted by Gasteiger charge is -2.32. The van der Waals surface area contributed by atoms with Crippen molar-refractivity contribution in [2.45, 2.75) is 44.7 Å². The molecule has 7 heteroatoms. The summed E-state index contributed by atoms with van der Waals surface area (Å²) in [5.41, 5.74) is 1.47. The molecule has 4 heterocycles. The fourth-order valence-electron chi connectivity index (χ4n) is 3.80. The van der Waals surface area contributed by atoms with E-state index in [0.717, 1.165) is 62.7 Å². The standard InChI is InChI=1S/C17H19ClN6/c18-16-14(8-19)7-12(9-20-16)10-23-5-1-3-13(11-23)17-22-21-15-4-2-6-24(15)17/h7,9,13H,1-6,10-11H2/t13-/m0/s1. The van der Waals surface area contributed by atoms with Crippen molar-refractivity contribution in [1.82, 2.24) is 24.6 Å². The SMILES string of the molecule is N#Cc1cc(CN2CCC[C@H](c3nnc4n3CCC4)C2)cnc1Cl. The average Bonchev–Trinajstić information content (AvgIpc) is 3.20. The zero-order valence-electron chi connectivity index (χ0n) is 13.5. The number of aryl methyl sites for hydroxylation is 1. The molecule has 0 unspecified atom stereocenters. The van der Waals surface area contributed by atoms with Gasteiger partial charge in [0.1, 0.15) is 22.9 Å². The highest BCUT2D eigenvalue weighted by Gasteiger charge is 2.28. The summed E-state index contributed by atoms with van der Waals surface area (Å²) in [7, 11) is 0. The van der Waals surface area contributed by atoms with Gasteiger partial charge in [-0.05, 0) is 37.4 Å². The first-order valence-corrected chi connectivity index (χ1v) is 8.81. The number of fused-ring (bicyclic) bond motifs is 1. The summed E-state index contributed by atoms with van der Waals surface area (Å²) < 4.78 is 2.31. The Morgan fingerprint density at radius 2 is 2.21 bits per heavy atom. The maximum Gasteiger partial charge on any atom is 0.146 e. The zero-order chi connectivity index (χ0) is 16.5. The van der Waals surface area contributed by atoms with E-state index in [1.165, 1.54) is 6.42 Å². The first-order valence-electron chi connectivity index (χ1n) is 8.43. The Hall–Kier alpha value is -1.97. The smallest absolute Gasteiger partial charge is 0.146 e. The minimum Gasteiger partial charge on any atom is -0.315 e. The van der Waals surface area contributed by atoms with Crippen molar-refractivity contribution in [2.75, 3.05) is 13.1 Å². The van der Waals surface area contributed by atoms with Crippen molar-refractivity contribution in [1.29, 1.82) is 5.26 Å². The largest absolute Gasteiger partial charge is 0.315 e. The molecule has 1 atom stereocenters. The Balaban J connectivity index is 1.48. The summed E-state index contributed by atoms with van der Waals surface area (Å²) in [5.74, 6) is 2.73. The fraction of sp³-hybridized carbons (Fsp3) is 0.529. The Labute approximate surface area is 146 Å². The number of rotatable bonds is 3. The van der Waals surface area contributed by atoms with Crippen molar-refractivity contribution in [3.8, 4) is 6.07 Å². The van der Waals surface area contributed by atoms with Crippen LogP contribution in [-0.4, -0.2) is 37.7 Å². The van der Waals surface area contributed by atoms with Crippen LogP contribution in [-0.2, 0) is 19.5 Å². The first-order chi connectivity index (χ1) is 11.7. The van der Waals surface area contributed by atoms with Gasteiger partial charge in [-0.2, -0.15) is 5.26 Å². The van der Waals surface area contributed by atoms with E-state index in [2.05, 4.69) is 30.7 Å². The molecule has 6 nitrogen and oxygen atoms in total. The van der Waals surface area contributed by atoms with Gasteiger partial charge in [-0.15, -0.1) is 10.2 Å². The van der Waals surface area contributed by atoms with Crippen LogP contribution in [0.3, 0.4) is 0 Å². The third kappa shape index (κ3) is 2.90. The minimum atomic E-state index is 0.275. The number of hydrogen-bond acceptors (Lipinski definition) is 5. The lowest BCUT2D eigenvalue weighted by atomic mass is 9.96. The lowest BCUT2D eigenvalue weighted by molar-refractivity contribution is 0.194. The summed E-state index contributed by atoms with van der Waals surface area (Å²) in [6.45, 7) is 3.88. The molecule has 0 amide bonds. The molecule has 124 valence electrons. The zero-order valence-corrected chi connectivity index (χ0v) is 14.2. The van der Waals surface area contributed by atoms with Gasteiger partial charge in [0.2, 0.25) is 0 Å². The summed E-state index contributed by atoms with van der Waals surface area (Å²) >= 11 is 5.92. The maximum atomic E-state index is 9.10. The third-order valence-electron chi connectivity index (χ3n) is 4.93. The summed E-state index contributed by atoms with van der Waals surface area (Å²) in [5, 5.41) is 18.2. The molecule has 0 radical (unpaired) electrons. The van der Waals surface area contributed by atoms with Gasteiger partial charge in [0, 0.05) is 38.2 Å². The Kier molecular flexibility index (Phi) is 4.21. The molecule has 2 aromatic heterocycles. The number of aromatic nitrogens is 4. The van der Waals surface area contributed by atoms with Crippen molar-refractivity contribution < 1.29 is 0 Å². The molecule has 1 saturated heterocycles. The summed E-state index contributed by atoms with van der Waals surface area (Å²) in [4.78, 5) is 6.53. The Morgan fingerprint density at radius 3 is 3.08 bits per heavy atom. The molecule has 0 saturated carbocycles. The fourth-order valence-corrected chi connectivity index (χ4v) is 3.94. The van der Waals surface area contributed by atoms with Crippen LogP contribution < -0.4 is 0 Å². The topological polar surface area (TPSA) is 70.6 Å². The van der Waals surface area contributed by atoms with Gasteiger partial charge in [-0.25, -0.2) is 4.98 Å². The average molecular weight is 343 g/mol. The van der Waals surface area contributed by atoms with Gasteiger partial charge in [0.05, 0.1) is 5.56 Å². The van der Waals surface area contributed by atoms with E-state index >= 15 is 0 Å². The second kappa shape index (κ2) is 6.50. The van der Waals surface area contributed by atoms with Crippen LogP contribution >= 0.6 is 11.6 Å². The molecule has 2 aliphatic heterocycles. The highest BCUT2D eigenvalue weighted by atomic mass is 35.5. The normalized spacial score (nSPS) is 20.8. The second-order valence-electron chi connectivity index (χ2n) is 6.60. The van der Waals surface area contributed by atoms with Crippen molar-refractivity contribution in [3.05, 3.63) is 40.2 Å². The van der Waals surface area contributed by atoms with Crippen LogP contribution in [0.4, 0.5) is 0 Å². The molecular formula is C17H19ClN6. The molecular weight excluding hydrogens is 324 g/mol. The minimum absolute atomic E-state index is 0.275. The van der Waals surface area contributed by atoms with E-state index in [4.69, 9.17) is 16.9 Å². The number of pyridine rings is 1. The number of piperidine rings is 1. The highest BCUT2D eigenvalue weighted by Crippen LogP contribution is 2.29. The molecule has 0 N–H and O–H groups in total. The molecule has 2 aromatic rings. The van der Waals surface area contributed by atoms with Crippen molar-refractivity contribution in [2.24, 2.45) is 0 Å². The predicted molar refractivity (Wildman–Crippen MR) is 89.6 cm³/mol. The third-order valence-corrected chi connectivity index (χ3v) is 5.23. The first kappa shape index (κ1) is 15.6. The van der Waals surface area contributed by atoms with Crippen LogP contribution in [0.15, 0.2) is 12.3 Å². The predicted octanol–water partition coefficient (Wildman–Crippen LogP) is 2.52. The quantitative estimate of drug-likeness (QED) is 0.801. The molecule has 1 fully saturated rings. The summed E-state index contributed by atoms with van der Waals surface area (Å²) in [6.07, 6.45) is 6.32. The van der Waals surface area contributed by atoms with Crippen LogP contribution in [0.2, 0.25) is 5.15 Å². The van der Waals surface area contributed by atoms with E-state index in [-0.39, 0.29) is 5.15 Å². The van der Waals surface area contributed by atoms with E-state index in [0.29, 0.717) is 11.5 Å². The molecule has 24 heavy (non-hydrogen) atoms. The van der Waals surface area contributed by atoms with Crippen LogP contribution in [0.5, 0.6) is 0 Å². The molecule has 4 rings (SSSR count). The molecule has 0 aromatic carbocycles. The molecule has 0 spiro atoms. The van der Waals surface area contributed by atoms with Crippen molar-refractivity contribution >= 4 is 11.6 Å². The maximum absolute atomic E-state index is 9.10. The summed E-state index contributed by atoms with van der Waals surface area (Å²) in [6, 6.07) is 3.94. The van der Waals surface area contributed by atoms with Gasteiger partial charge in [0.15, 0.2) is 0 Å². The molecule has 0 bridgehead atoms. The van der Waals surface area contributed by atoms with Gasteiger partial charge in [-0.1, -0.05) is 11.6 Å². The number of nitriles is 1. The number of nitrogens with zero attached hydrogens (tertiary/aromatic N) is 6. The van der Waals surface area contributed by atoms with Crippen LogP contribution in [0, 0.1) is 11.3 Å². The van der Waals surface area contributed by atoms with Gasteiger partial charge < -0.3 is 4.57 Å². The lowest BCUT2D eigenvalue weighted by Crippen LogP contribution is -2.35. The Morgan fingerprint density at radius 1 is 1.29 bits per heavy atom. The van der Waals surface area contributed by atoms with Crippen LogP contribution in [0.1, 0.15) is 48.0 Å². The van der Waals surface area contributed by atoms with E-state index in [1.54, 1.807) is 6.20 Å². The number of likely N-dealkylation sites (tertiary alicyclic amines) is 1. The van der Waals surface area contributed by atoms with E-state index < -0.39 is 0 Å². The van der Waals surface area contributed by atoms with Crippen molar-refractivity contribution in [3.63, 3.8) is 0 Å². The van der Waals surface area contributed by atoms with Gasteiger partial charge in [0.25, 0.3) is 0 Å². The van der Waals surface area contributed by atoms with Crippen LogP contribution in [0.25, 0.3) is 0 Å². The Bertz CT molecular complexity index is 793. The van der Waals surface area contributed by atoms with Gasteiger partial charge in [-0.3, -0.25) is 4.90 Å². The molecule has 0 aliphatic carbocycles. The van der Waals surface area contributed by atoms with Gasteiger partial charge >= 0.3 is 0 Å². The monoisotopic (exact) mass is 342 g/mol. The second-order valence-corrected chi connectivity index (χ2v) is 6.96. The highest BCUT2D eigenvalue weighted by molar-refractivity contribution is 6.30. The van der Waals surface area contributed by atoms with E-state index in [9.17, 15) is 0 Å². The number of hydrogen-bond donors (Lipinski definition) is 0.